The molecule has 0 spiro atoms. The molecule has 0 saturated heterocycles. The van der Waals surface area contributed by atoms with Crippen LogP contribution in [0.25, 0.3) is 0 Å². The van der Waals surface area contributed by atoms with Crippen molar-refractivity contribution < 1.29 is 99.9 Å². The number of nitrogens with two attached hydrogens (primary N) is 3. The maximum absolute atomic E-state index is 14.2. The Bertz CT molecular complexity index is 1800. The van der Waals surface area contributed by atoms with E-state index in [-0.39, 0.29) is 155 Å². The van der Waals surface area contributed by atoms with Crippen LogP contribution in [0.5, 0.6) is 0 Å². The van der Waals surface area contributed by atoms with E-state index in [0.29, 0.717) is 91.5 Å². The molecule has 5 unspecified atom stereocenters. The summed E-state index contributed by atoms with van der Waals surface area (Å²) in [6.45, 7) is 14.7. The molecule has 0 rings (SSSR count). The highest BCUT2D eigenvalue weighted by Gasteiger charge is 2.33. The van der Waals surface area contributed by atoms with Crippen LogP contribution in [-0.4, -0.2) is 237 Å². The third-order valence-electron chi connectivity index (χ3n) is 12.3. The Kier molecular flexibility index (Phi) is 52.7. The van der Waals surface area contributed by atoms with Gasteiger partial charge in [0.15, 0.2) is 0 Å². The molecule has 0 heterocycles. The van der Waals surface area contributed by atoms with Crippen LogP contribution < -0.4 is 49.6 Å². The summed E-state index contributed by atoms with van der Waals surface area (Å²) in [4.78, 5) is 103. The summed E-state index contributed by atoms with van der Waals surface area (Å²) < 4.78 is 65.1. The third kappa shape index (κ3) is 53.8. The predicted molar refractivity (Wildman–Crippen MR) is 322 cm³/mol. The van der Waals surface area contributed by atoms with Crippen LogP contribution in [0, 0.1) is 16.7 Å². The van der Waals surface area contributed by atoms with Gasteiger partial charge in [-0.25, -0.2) is 17.7 Å². The molecule has 32 heteroatoms. The van der Waals surface area contributed by atoms with E-state index in [1.807, 2.05) is 27.7 Å². The van der Waals surface area contributed by atoms with Crippen LogP contribution in [0.4, 0.5) is 0 Å². The van der Waals surface area contributed by atoms with Crippen LogP contribution in [0.3, 0.4) is 0 Å². The van der Waals surface area contributed by atoms with Crippen molar-refractivity contribution in [3.8, 4) is 0 Å². The van der Waals surface area contributed by atoms with Crippen molar-refractivity contribution in [1.82, 2.24) is 31.9 Å². The van der Waals surface area contributed by atoms with Crippen LogP contribution in [0.15, 0.2) is 0 Å². The molecule has 0 saturated carbocycles. The molecule has 30 nitrogen and oxygen atoms in total. The number of hydrogen-bond donors (Lipinski definition) is 10. The van der Waals surface area contributed by atoms with Gasteiger partial charge in [0.05, 0.1) is 126 Å². The van der Waals surface area contributed by atoms with Gasteiger partial charge in [0.25, 0.3) is 0 Å². The summed E-state index contributed by atoms with van der Waals surface area (Å²) in [5.74, 6) is 12.6. The lowest BCUT2D eigenvalue weighted by Gasteiger charge is -2.35. The van der Waals surface area contributed by atoms with Crippen molar-refractivity contribution >= 4 is 52.3 Å². The van der Waals surface area contributed by atoms with Crippen molar-refractivity contribution in [3.63, 3.8) is 0 Å². The normalized spacial score (nSPS) is 13.6. The Balaban J connectivity index is 5.82. The zero-order valence-corrected chi connectivity index (χ0v) is 54.0. The Morgan fingerprint density at radius 1 is 0.465 bits per heavy atom. The van der Waals surface area contributed by atoms with Crippen molar-refractivity contribution in [1.29, 1.82) is 0 Å². The first-order valence-electron chi connectivity index (χ1n) is 29.6. The zero-order chi connectivity index (χ0) is 64.0. The van der Waals surface area contributed by atoms with Gasteiger partial charge in [0.1, 0.15) is 31.9 Å². The zero-order valence-electron chi connectivity index (χ0n) is 52.0. The molecule has 0 aliphatic rings. The minimum absolute atomic E-state index is 0.0822. The largest absolute Gasteiger partial charge is 0.377 e. The summed E-state index contributed by atoms with van der Waals surface area (Å²) in [5.41, 5.74) is -0.970. The van der Waals surface area contributed by atoms with Crippen LogP contribution in [0.1, 0.15) is 98.3 Å². The molecule has 6 amide bonds. The van der Waals surface area contributed by atoms with Crippen molar-refractivity contribution in [2.45, 2.75) is 110 Å². The Labute approximate surface area is 511 Å². The van der Waals surface area contributed by atoms with E-state index >= 15 is 0 Å². The average Bonchev–Trinajstić information content (AvgIpc) is 3.64. The van der Waals surface area contributed by atoms with Crippen LogP contribution in [0.2, 0.25) is 0 Å². The van der Waals surface area contributed by atoms with Gasteiger partial charge in [-0.3, -0.25) is 33.3 Å². The van der Waals surface area contributed by atoms with Crippen molar-refractivity contribution in [2.75, 3.05) is 184 Å². The number of rotatable bonds is 62. The second kappa shape index (κ2) is 54.7. The fraction of sp³-hybridized carbons (Fsp3) is 0.889. The predicted octanol–water partition coefficient (Wildman–Crippen LogP) is -0.0923. The maximum atomic E-state index is 14.2. The monoisotopic (exact) mass is 1280 g/mol. The van der Waals surface area contributed by atoms with Gasteiger partial charge >= 0.3 is 7.60 Å². The second-order valence-electron chi connectivity index (χ2n) is 21.8. The molecular formula is C54H109N9O21P2. The SMILES string of the molecule is CC(C)(CNC(=O)C(CCCCNC(=O)COCCOCCOCCON)NC(=O)C(CCCCNC(=O)COCCOCCOCCON)NC(=O)COCCOCCOCCON)CC(C)(C)CC(=O)NCCCCC(CP)COP(C)(=O)O. The number of carbonyl (C=O) groups excluding carboxylic acids is 6. The maximum Gasteiger partial charge on any atom is 0.325 e. The van der Waals surface area contributed by atoms with Gasteiger partial charge in [-0.15, -0.1) is 9.24 Å². The van der Waals surface area contributed by atoms with E-state index in [1.54, 1.807) is 0 Å². The molecular weight excluding hydrogens is 1170 g/mol. The third-order valence-corrected chi connectivity index (χ3v) is 13.6. The minimum Gasteiger partial charge on any atom is -0.377 e. The van der Waals surface area contributed by atoms with Crippen LogP contribution in [-0.2, 0) is 95.0 Å². The molecule has 0 aromatic carbocycles. The van der Waals surface area contributed by atoms with E-state index in [2.05, 4.69) is 55.7 Å². The fourth-order valence-electron chi connectivity index (χ4n) is 8.35. The standard InChI is InChI=1S/C54H109N9O21P2/c1-53(2,36-47(64)58-15-9-6-12-44(41-85)37-84-86(5,70)71)42-54(3,4)43-61-51(68)45(13-7-10-16-59-48(65)38-78-27-24-72-18-21-75-30-33-81-55)63-52(69)46(62-50(67)40-80-29-26-74-20-23-77-32-35-83-57)14-8-11-17-60-49(66)39-79-28-25-73-19-22-76-31-34-82-56/h44-46H,6-43,55-57,85H2,1-5H3,(H,58,64)(H,59,65)(H,60,66)(H,61,68)(H,62,67)(H,63,69)(H,70,71). The summed E-state index contributed by atoms with van der Waals surface area (Å²) in [7, 11) is -0.914. The fourth-order valence-corrected chi connectivity index (χ4v) is 9.21. The van der Waals surface area contributed by atoms with Gasteiger partial charge in [-0.1, -0.05) is 34.1 Å². The lowest BCUT2D eigenvalue weighted by Crippen LogP contribution is -2.55. The van der Waals surface area contributed by atoms with Gasteiger partial charge in [0, 0.05) is 39.3 Å². The number of hydrogen-bond acceptors (Lipinski definition) is 23. The highest BCUT2D eigenvalue weighted by Crippen LogP contribution is 2.38. The molecule has 0 aliphatic carbocycles. The highest BCUT2D eigenvalue weighted by atomic mass is 31.2. The van der Waals surface area contributed by atoms with E-state index in [9.17, 15) is 38.2 Å². The topological polar surface area (TPSA) is 410 Å². The average molecular weight is 1280 g/mol. The van der Waals surface area contributed by atoms with Crippen molar-refractivity contribution in [2.24, 2.45) is 34.4 Å². The van der Waals surface area contributed by atoms with Crippen molar-refractivity contribution in [3.05, 3.63) is 0 Å². The molecule has 0 aliphatic heterocycles. The Hall–Kier alpha value is -3.20. The van der Waals surface area contributed by atoms with E-state index in [4.69, 9.17) is 64.8 Å². The molecule has 0 fully saturated rings. The number of amides is 6. The molecule has 0 aromatic rings. The quantitative estimate of drug-likeness (QED) is 0.0216. The van der Waals surface area contributed by atoms with E-state index in [1.165, 1.54) is 6.66 Å². The van der Waals surface area contributed by atoms with E-state index in [0.717, 1.165) is 25.4 Å². The van der Waals surface area contributed by atoms with Gasteiger partial charge in [-0.05, 0) is 80.7 Å². The summed E-state index contributed by atoms with van der Waals surface area (Å²) in [6, 6.07) is -2.15. The molecule has 13 N–H and O–H groups in total. The smallest absolute Gasteiger partial charge is 0.325 e. The Morgan fingerprint density at radius 3 is 1.22 bits per heavy atom. The lowest BCUT2D eigenvalue weighted by atomic mass is 9.73. The molecule has 0 aromatic heterocycles. The van der Waals surface area contributed by atoms with Gasteiger partial charge in [-0.2, -0.15) is 0 Å². The number of carbonyl (C=O) groups is 6. The first-order chi connectivity index (χ1) is 41.2. The Morgan fingerprint density at radius 2 is 0.826 bits per heavy atom. The lowest BCUT2D eigenvalue weighted by molar-refractivity contribution is -0.134. The molecule has 5 atom stereocenters. The van der Waals surface area contributed by atoms with Gasteiger partial charge < -0.3 is 98.5 Å². The molecule has 506 valence electrons. The molecule has 0 radical (unpaired) electrons. The molecule has 0 bridgehead atoms. The van der Waals surface area contributed by atoms with Gasteiger partial charge in [0.2, 0.25) is 35.4 Å². The summed E-state index contributed by atoms with van der Waals surface area (Å²) in [5, 5.41) is 17.3. The first-order valence-corrected chi connectivity index (χ1v) is 32.5. The number of unbranched alkanes of at least 4 members (excludes halogenated alkanes) is 3. The second-order valence-corrected chi connectivity index (χ2v) is 24.1. The van der Waals surface area contributed by atoms with E-state index < -0.39 is 48.2 Å². The summed E-state index contributed by atoms with van der Waals surface area (Å²) >= 11 is 0. The summed E-state index contributed by atoms with van der Waals surface area (Å²) in [6.07, 6.45) is 5.88. The highest BCUT2D eigenvalue weighted by molar-refractivity contribution is 7.51. The van der Waals surface area contributed by atoms with Crippen LogP contribution >= 0.6 is 16.8 Å². The molecule has 86 heavy (non-hydrogen) atoms. The first kappa shape index (κ1) is 82.8. The number of ether oxygens (including phenoxy) is 9. The number of nitrogens with one attached hydrogen (secondary N) is 6. The minimum atomic E-state index is -3.55.